The van der Waals surface area contributed by atoms with Crippen molar-refractivity contribution in [3.05, 3.63) is 35.9 Å². The molecule has 0 radical (unpaired) electrons. The Morgan fingerprint density at radius 2 is 1.93 bits per heavy atom. The summed E-state index contributed by atoms with van der Waals surface area (Å²) in [4.78, 5) is 28.6. The van der Waals surface area contributed by atoms with Crippen LogP contribution in [0.5, 0.6) is 0 Å². The number of carbonyl (C=O) groups is 2. The Kier molecular flexibility index (Phi) is 5.37. The molecule has 0 saturated carbocycles. The minimum atomic E-state index is -0.564. The number of rotatable bonds is 5. The highest BCUT2D eigenvalue weighted by Gasteiger charge is 2.21. The second-order valence-corrected chi connectivity index (χ2v) is 8.04. The van der Waals surface area contributed by atoms with Crippen molar-refractivity contribution in [3.8, 4) is 0 Å². The van der Waals surface area contributed by atoms with Gasteiger partial charge in [0, 0.05) is 30.4 Å². The number of para-hydroxylation sites is 1. The quantitative estimate of drug-likeness (QED) is 0.612. The minimum absolute atomic E-state index is 0.209. The predicted molar refractivity (Wildman–Crippen MR) is 114 cm³/mol. The molecule has 2 aromatic heterocycles. The van der Waals surface area contributed by atoms with Gasteiger partial charge in [0.15, 0.2) is 0 Å². The van der Waals surface area contributed by atoms with Crippen LogP contribution in [0.15, 0.2) is 30.3 Å². The molecule has 0 fully saturated rings. The molecule has 0 aliphatic carbocycles. The SMILES string of the molecule is CNc1nc2c(cc1C(N)=O)c1ccccc1n2C[C@H](C)NC(=O)OC(C)(C)C. The molecule has 1 aromatic carbocycles. The number of hydrogen-bond acceptors (Lipinski definition) is 5. The first-order chi connectivity index (χ1) is 13.6. The van der Waals surface area contributed by atoms with E-state index in [2.05, 4.69) is 15.6 Å². The van der Waals surface area contributed by atoms with Crippen LogP contribution in [0.4, 0.5) is 10.6 Å². The average Bonchev–Trinajstić information content (AvgIpc) is 2.92. The third-order valence-corrected chi connectivity index (χ3v) is 4.46. The zero-order valence-corrected chi connectivity index (χ0v) is 17.4. The number of carbonyl (C=O) groups excluding carboxylic acids is 2. The van der Waals surface area contributed by atoms with Crippen molar-refractivity contribution in [1.82, 2.24) is 14.9 Å². The van der Waals surface area contributed by atoms with Gasteiger partial charge in [0.1, 0.15) is 17.1 Å². The van der Waals surface area contributed by atoms with Gasteiger partial charge in [-0.1, -0.05) is 18.2 Å². The third-order valence-electron chi connectivity index (χ3n) is 4.46. The number of ether oxygens (including phenoxy) is 1. The Balaban J connectivity index is 2.04. The van der Waals surface area contributed by atoms with Gasteiger partial charge < -0.3 is 25.7 Å². The van der Waals surface area contributed by atoms with Crippen LogP contribution < -0.4 is 16.4 Å². The zero-order valence-electron chi connectivity index (χ0n) is 17.4. The predicted octanol–water partition coefficient (Wildman–Crippen LogP) is 3.24. The largest absolute Gasteiger partial charge is 0.444 e. The van der Waals surface area contributed by atoms with Crippen LogP contribution in [-0.2, 0) is 11.3 Å². The van der Waals surface area contributed by atoms with Crippen molar-refractivity contribution in [3.63, 3.8) is 0 Å². The van der Waals surface area contributed by atoms with Crippen molar-refractivity contribution in [2.75, 3.05) is 12.4 Å². The van der Waals surface area contributed by atoms with Crippen LogP contribution >= 0.6 is 0 Å². The summed E-state index contributed by atoms with van der Waals surface area (Å²) in [5, 5.41) is 7.59. The summed E-state index contributed by atoms with van der Waals surface area (Å²) in [6.45, 7) is 7.85. The Hall–Kier alpha value is -3.29. The van der Waals surface area contributed by atoms with Crippen LogP contribution in [0.1, 0.15) is 38.1 Å². The summed E-state index contributed by atoms with van der Waals surface area (Å²) in [6.07, 6.45) is -0.467. The van der Waals surface area contributed by atoms with Crippen molar-refractivity contribution in [2.24, 2.45) is 5.73 Å². The highest BCUT2D eigenvalue weighted by atomic mass is 16.6. The van der Waals surface area contributed by atoms with E-state index >= 15 is 0 Å². The van der Waals surface area contributed by atoms with Gasteiger partial charge in [-0.25, -0.2) is 9.78 Å². The van der Waals surface area contributed by atoms with Crippen LogP contribution in [0, 0.1) is 0 Å². The van der Waals surface area contributed by atoms with Crippen LogP contribution in [0.25, 0.3) is 21.9 Å². The van der Waals surface area contributed by atoms with Crippen molar-refractivity contribution in [1.29, 1.82) is 0 Å². The van der Waals surface area contributed by atoms with E-state index in [9.17, 15) is 9.59 Å². The summed E-state index contributed by atoms with van der Waals surface area (Å²) in [5.41, 5.74) is 6.96. The molecule has 4 N–H and O–H groups in total. The molecule has 0 bridgehead atoms. The number of amides is 2. The maximum Gasteiger partial charge on any atom is 0.407 e. The number of nitrogens with two attached hydrogens (primary N) is 1. The van der Waals surface area contributed by atoms with Gasteiger partial charge in [-0.15, -0.1) is 0 Å². The van der Waals surface area contributed by atoms with Crippen molar-refractivity contribution < 1.29 is 14.3 Å². The molecule has 2 amide bonds. The lowest BCUT2D eigenvalue weighted by molar-refractivity contribution is 0.0504. The van der Waals surface area contributed by atoms with Gasteiger partial charge in [0.25, 0.3) is 5.91 Å². The number of benzene rings is 1. The lowest BCUT2D eigenvalue weighted by Crippen LogP contribution is -2.39. The summed E-state index contributed by atoms with van der Waals surface area (Å²) in [6, 6.07) is 9.40. The molecule has 1 atom stereocenters. The number of aromatic nitrogens is 2. The Morgan fingerprint density at radius 1 is 1.24 bits per heavy atom. The number of primary amides is 1. The van der Waals surface area contributed by atoms with Gasteiger partial charge >= 0.3 is 6.09 Å². The van der Waals surface area contributed by atoms with Gasteiger partial charge in [-0.2, -0.15) is 0 Å². The summed E-state index contributed by atoms with van der Waals surface area (Å²) < 4.78 is 7.37. The second kappa shape index (κ2) is 7.62. The molecule has 0 aliphatic rings. The van der Waals surface area contributed by atoms with E-state index in [1.807, 2.05) is 56.5 Å². The first-order valence-electron chi connectivity index (χ1n) is 9.49. The topological polar surface area (TPSA) is 111 Å². The van der Waals surface area contributed by atoms with Crippen LogP contribution in [-0.4, -0.2) is 40.2 Å². The summed E-state index contributed by atoms with van der Waals surface area (Å²) in [5.74, 6) is -0.123. The van der Waals surface area contributed by atoms with E-state index in [1.54, 1.807) is 13.1 Å². The molecule has 8 nitrogen and oxygen atoms in total. The zero-order chi connectivity index (χ0) is 21.3. The van der Waals surface area contributed by atoms with Gasteiger partial charge in [0.05, 0.1) is 11.1 Å². The highest BCUT2D eigenvalue weighted by Crippen LogP contribution is 2.31. The molecule has 0 aliphatic heterocycles. The molecule has 2 heterocycles. The van der Waals surface area contributed by atoms with E-state index in [-0.39, 0.29) is 6.04 Å². The number of pyridine rings is 1. The van der Waals surface area contributed by atoms with E-state index in [1.165, 1.54) is 0 Å². The first-order valence-corrected chi connectivity index (χ1v) is 9.49. The lowest BCUT2D eigenvalue weighted by Gasteiger charge is -2.22. The van der Waals surface area contributed by atoms with Crippen LogP contribution in [0.2, 0.25) is 0 Å². The fourth-order valence-corrected chi connectivity index (χ4v) is 3.35. The normalized spacial score (nSPS) is 12.7. The maximum atomic E-state index is 12.1. The van der Waals surface area contributed by atoms with Crippen molar-refractivity contribution >= 4 is 39.8 Å². The number of fused-ring (bicyclic) bond motifs is 3. The van der Waals surface area contributed by atoms with Crippen molar-refractivity contribution in [2.45, 2.75) is 45.9 Å². The third kappa shape index (κ3) is 4.26. The lowest BCUT2D eigenvalue weighted by atomic mass is 10.1. The number of nitrogens with one attached hydrogen (secondary N) is 2. The number of alkyl carbamates (subject to hydrolysis) is 1. The molecule has 0 unspecified atom stereocenters. The van der Waals surface area contributed by atoms with E-state index < -0.39 is 17.6 Å². The molecular formula is C21H27N5O3. The van der Waals surface area contributed by atoms with E-state index in [0.717, 1.165) is 16.3 Å². The average molecular weight is 397 g/mol. The van der Waals surface area contributed by atoms with Gasteiger partial charge in [-0.3, -0.25) is 4.79 Å². The highest BCUT2D eigenvalue weighted by molar-refractivity contribution is 6.10. The number of hydrogen-bond donors (Lipinski definition) is 3. The minimum Gasteiger partial charge on any atom is -0.444 e. The summed E-state index contributed by atoms with van der Waals surface area (Å²) in [7, 11) is 1.69. The fraction of sp³-hybridized carbons (Fsp3) is 0.381. The monoisotopic (exact) mass is 397 g/mol. The summed E-state index contributed by atoms with van der Waals surface area (Å²) >= 11 is 0. The van der Waals surface area contributed by atoms with Gasteiger partial charge in [0.2, 0.25) is 0 Å². The smallest absolute Gasteiger partial charge is 0.407 e. The number of anilines is 1. The van der Waals surface area contributed by atoms with Crippen LogP contribution in [0.3, 0.4) is 0 Å². The second-order valence-electron chi connectivity index (χ2n) is 8.04. The maximum absolute atomic E-state index is 12.1. The molecule has 0 spiro atoms. The Labute approximate surface area is 169 Å². The van der Waals surface area contributed by atoms with Gasteiger partial charge in [-0.05, 0) is 39.8 Å². The standard InChI is InChI=1S/C21H27N5O3/c1-12(24-20(28)29-21(2,3)4)11-26-16-9-7-6-8-13(16)14-10-15(17(22)27)18(23-5)25-19(14)26/h6-10,12H,11H2,1-5H3,(H2,22,27)(H,23,25)(H,24,28)/t12-/m0/s1. The molecule has 3 aromatic rings. The number of nitrogens with zero attached hydrogens (tertiary/aromatic N) is 2. The molecule has 0 saturated heterocycles. The Morgan fingerprint density at radius 3 is 2.55 bits per heavy atom. The van der Waals surface area contributed by atoms with E-state index in [4.69, 9.17) is 10.5 Å². The first kappa shape index (κ1) is 20.4. The molecule has 154 valence electrons. The van der Waals surface area contributed by atoms with E-state index in [0.29, 0.717) is 23.6 Å². The molecular weight excluding hydrogens is 370 g/mol. The Bertz CT molecular complexity index is 1080. The molecule has 3 rings (SSSR count). The molecule has 8 heteroatoms. The fourth-order valence-electron chi connectivity index (χ4n) is 3.35. The molecule has 29 heavy (non-hydrogen) atoms.